The van der Waals surface area contributed by atoms with Gasteiger partial charge in [-0.1, -0.05) is 303 Å². The number of hydrogen-bond acceptors (Lipinski definition) is 5. The highest BCUT2D eigenvalue weighted by molar-refractivity contribution is 5.76. The molecule has 0 saturated carbocycles. The molecule has 0 aromatic rings. The average Bonchev–Trinajstić information content (AvgIpc) is 3.31. The minimum Gasteiger partial charge on any atom is -0.466 e. The molecule has 0 radical (unpaired) electrons. The fourth-order valence-corrected chi connectivity index (χ4v) is 9.58. The number of esters is 1. The highest BCUT2D eigenvalue weighted by Gasteiger charge is 2.20. The Bertz CT molecular complexity index is 928. The number of nitrogens with one attached hydrogen (secondary N) is 1. The second-order valence-electron chi connectivity index (χ2n) is 20.7. The molecule has 2 atom stereocenters. The molecule has 6 heteroatoms. The van der Waals surface area contributed by atoms with Crippen molar-refractivity contribution in [2.75, 3.05) is 13.2 Å². The number of hydrogen-bond donors (Lipinski definition) is 3. The van der Waals surface area contributed by atoms with Crippen LogP contribution in [0.1, 0.15) is 341 Å². The Kier molecular flexibility index (Phi) is 54.5. The van der Waals surface area contributed by atoms with Crippen LogP contribution in [-0.2, 0) is 14.3 Å². The molecule has 0 aliphatic heterocycles. The van der Waals surface area contributed by atoms with Gasteiger partial charge in [0.1, 0.15) is 0 Å². The van der Waals surface area contributed by atoms with Gasteiger partial charge < -0.3 is 20.3 Å². The SMILES string of the molecule is CCCCCCCCCCCCCCCCCC(O)C(CO)NC(=O)CCCCCCCCCCCCCCCCCCCCCCOC(=O)CCCCCCCCCCCCCCC. The van der Waals surface area contributed by atoms with Crippen molar-refractivity contribution in [3.63, 3.8) is 0 Å². The van der Waals surface area contributed by atoms with Crippen molar-refractivity contribution in [1.82, 2.24) is 5.32 Å². The summed E-state index contributed by atoms with van der Waals surface area (Å²) in [6, 6.07) is -0.541. The molecule has 1 amide bonds. The van der Waals surface area contributed by atoms with E-state index in [-0.39, 0.29) is 18.5 Å². The van der Waals surface area contributed by atoms with Crippen molar-refractivity contribution < 1.29 is 24.5 Å². The molecule has 0 saturated heterocycles. The molecule has 0 heterocycles. The van der Waals surface area contributed by atoms with Gasteiger partial charge in [0.2, 0.25) is 5.91 Å². The highest BCUT2D eigenvalue weighted by Crippen LogP contribution is 2.18. The van der Waals surface area contributed by atoms with Crippen LogP contribution in [0, 0.1) is 0 Å². The van der Waals surface area contributed by atoms with Crippen molar-refractivity contribution in [3.05, 3.63) is 0 Å². The first kappa shape index (κ1) is 63.9. The van der Waals surface area contributed by atoms with E-state index in [9.17, 15) is 19.8 Å². The Hall–Kier alpha value is -1.14. The van der Waals surface area contributed by atoms with Crippen molar-refractivity contribution in [2.24, 2.45) is 0 Å². The zero-order valence-electron chi connectivity index (χ0n) is 44.3. The molecular weight excluding hydrogens is 803 g/mol. The first-order chi connectivity index (χ1) is 32.0. The smallest absolute Gasteiger partial charge is 0.305 e. The molecule has 0 aromatic heterocycles. The molecule has 0 aromatic carbocycles. The van der Waals surface area contributed by atoms with Crippen LogP contribution in [0.3, 0.4) is 0 Å². The molecule has 0 fully saturated rings. The number of rotatable bonds is 56. The van der Waals surface area contributed by atoms with Crippen LogP contribution in [0.5, 0.6) is 0 Å². The second-order valence-corrected chi connectivity index (χ2v) is 20.7. The molecule has 65 heavy (non-hydrogen) atoms. The number of carbonyl (C=O) groups is 2. The Labute approximate surface area is 406 Å². The Balaban J connectivity index is 3.37. The quantitative estimate of drug-likeness (QED) is 0.0417. The van der Waals surface area contributed by atoms with E-state index in [1.807, 2.05) is 0 Å². The average molecular weight is 921 g/mol. The van der Waals surface area contributed by atoms with Gasteiger partial charge in [-0.3, -0.25) is 9.59 Å². The molecular formula is C59H117NO5. The summed E-state index contributed by atoms with van der Waals surface area (Å²) < 4.78 is 5.48. The van der Waals surface area contributed by atoms with Crippen molar-refractivity contribution in [1.29, 1.82) is 0 Å². The second kappa shape index (κ2) is 55.5. The number of aliphatic hydroxyl groups excluding tert-OH is 2. The zero-order chi connectivity index (χ0) is 47.2. The predicted octanol–water partition coefficient (Wildman–Crippen LogP) is 18.3. The maximum Gasteiger partial charge on any atom is 0.305 e. The largest absolute Gasteiger partial charge is 0.466 e. The molecule has 0 spiro atoms. The fraction of sp³-hybridized carbons (Fsp3) is 0.966. The fourth-order valence-electron chi connectivity index (χ4n) is 9.58. The summed E-state index contributed by atoms with van der Waals surface area (Å²) in [5.41, 5.74) is 0. The summed E-state index contributed by atoms with van der Waals surface area (Å²) in [5, 5.41) is 23.3. The van der Waals surface area contributed by atoms with Crippen LogP contribution in [0.4, 0.5) is 0 Å². The lowest BCUT2D eigenvalue weighted by Crippen LogP contribution is -2.45. The summed E-state index contributed by atoms with van der Waals surface area (Å²) in [7, 11) is 0. The molecule has 0 bridgehead atoms. The van der Waals surface area contributed by atoms with E-state index in [0.29, 0.717) is 25.9 Å². The van der Waals surface area contributed by atoms with Crippen LogP contribution in [-0.4, -0.2) is 47.4 Å². The zero-order valence-corrected chi connectivity index (χ0v) is 44.3. The van der Waals surface area contributed by atoms with E-state index >= 15 is 0 Å². The van der Waals surface area contributed by atoms with Crippen molar-refractivity contribution in [3.8, 4) is 0 Å². The van der Waals surface area contributed by atoms with Gasteiger partial charge in [-0.25, -0.2) is 0 Å². The Morgan fingerprint density at radius 1 is 0.369 bits per heavy atom. The lowest BCUT2D eigenvalue weighted by Gasteiger charge is -2.22. The van der Waals surface area contributed by atoms with Gasteiger partial charge in [-0.2, -0.15) is 0 Å². The summed E-state index contributed by atoms with van der Waals surface area (Å²) in [4.78, 5) is 24.5. The van der Waals surface area contributed by atoms with E-state index in [4.69, 9.17) is 4.74 Å². The maximum absolute atomic E-state index is 12.5. The topological polar surface area (TPSA) is 95.9 Å². The first-order valence-corrected chi connectivity index (χ1v) is 29.8. The number of unbranched alkanes of at least 4 members (excludes halogenated alkanes) is 45. The summed E-state index contributed by atoms with van der Waals surface area (Å²) >= 11 is 0. The molecule has 0 rings (SSSR count). The standard InChI is InChI=1S/C59H117NO5/c1-3-5-7-9-11-13-15-17-24-28-31-35-39-43-47-51-57(62)56(55-61)60-58(63)52-48-44-40-36-32-29-25-22-20-18-19-21-23-26-30-34-38-42-46-50-54-65-59(64)53-49-45-41-37-33-27-16-14-12-10-8-6-4-2/h56-57,61-62H,3-55H2,1-2H3,(H,60,63). The van der Waals surface area contributed by atoms with Crippen LogP contribution in [0.2, 0.25) is 0 Å². The van der Waals surface area contributed by atoms with Gasteiger partial charge in [-0.05, 0) is 25.7 Å². The van der Waals surface area contributed by atoms with Gasteiger partial charge in [0.15, 0.2) is 0 Å². The maximum atomic E-state index is 12.5. The number of amides is 1. The highest BCUT2D eigenvalue weighted by atomic mass is 16.5. The molecule has 0 aliphatic rings. The minimum atomic E-state index is -0.664. The van der Waals surface area contributed by atoms with Crippen LogP contribution in [0.15, 0.2) is 0 Å². The third-order valence-corrected chi connectivity index (χ3v) is 14.2. The third kappa shape index (κ3) is 52.1. The lowest BCUT2D eigenvalue weighted by molar-refractivity contribution is -0.143. The van der Waals surface area contributed by atoms with E-state index in [1.54, 1.807) is 0 Å². The summed E-state index contributed by atoms with van der Waals surface area (Å²) in [5.74, 6) is -0.0209. The lowest BCUT2D eigenvalue weighted by atomic mass is 10.0. The predicted molar refractivity (Wildman–Crippen MR) is 283 cm³/mol. The van der Waals surface area contributed by atoms with Gasteiger partial charge in [0.05, 0.1) is 25.4 Å². The van der Waals surface area contributed by atoms with Gasteiger partial charge in [-0.15, -0.1) is 0 Å². The Morgan fingerprint density at radius 3 is 0.938 bits per heavy atom. The summed E-state index contributed by atoms with van der Waals surface area (Å²) in [6.07, 6.45) is 63.8. The first-order valence-electron chi connectivity index (χ1n) is 29.8. The van der Waals surface area contributed by atoms with Crippen molar-refractivity contribution >= 4 is 11.9 Å². The molecule has 0 aliphatic carbocycles. The number of carbonyl (C=O) groups excluding carboxylic acids is 2. The van der Waals surface area contributed by atoms with E-state index in [2.05, 4.69) is 19.2 Å². The molecule has 388 valence electrons. The van der Waals surface area contributed by atoms with Gasteiger partial charge >= 0.3 is 5.97 Å². The molecule has 3 N–H and O–H groups in total. The van der Waals surface area contributed by atoms with Gasteiger partial charge in [0.25, 0.3) is 0 Å². The number of ether oxygens (including phenoxy) is 1. The third-order valence-electron chi connectivity index (χ3n) is 14.2. The van der Waals surface area contributed by atoms with E-state index < -0.39 is 12.1 Å². The van der Waals surface area contributed by atoms with Crippen molar-refractivity contribution in [2.45, 2.75) is 353 Å². The minimum absolute atomic E-state index is 0.0131. The normalized spacial score (nSPS) is 12.5. The van der Waals surface area contributed by atoms with Gasteiger partial charge in [0, 0.05) is 12.8 Å². The van der Waals surface area contributed by atoms with Crippen LogP contribution >= 0.6 is 0 Å². The summed E-state index contributed by atoms with van der Waals surface area (Å²) in [6.45, 7) is 4.98. The molecule has 6 nitrogen and oxygen atoms in total. The number of aliphatic hydroxyl groups is 2. The van der Waals surface area contributed by atoms with E-state index in [0.717, 1.165) is 38.5 Å². The molecule has 2 unspecified atom stereocenters. The van der Waals surface area contributed by atoms with Crippen LogP contribution < -0.4 is 5.32 Å². The van der Waals surface area contributed by atoms with Crippen LogP contribution in [0.25, 0.3) is 0 Å². The van der Waals surface area contributed by atoms with E-state index in [1.165, 1.54) is 270 Å². The Morgan fingerprint density at radius 2 is 0.631 bits per heavy atom. The monoisotopic (exact) mass is 920 g/mol.